The van der Waals surface area contributed by atoms with E-state index in [0.717, 1.165) is 47.3 Å². The number of morpholine rings is 1. The fourth-order valence-corrected chi connectivity index (χ4v) is 4.67. The van der Waals surface area contributed by atoms with E-state index in [1.807, 2.05) is 25.1 Å². The topological polar surface area (TPSA) is 54.7 Å². The fraction of sp³-hybridized carbons (Fsp3) is 0.350. The molecule has 1 aromatic carbocycles. The number of hydrogen-bond donors (Lipinski definition) is 1. The lowest BCUT2D eigenvalue weighted by Gasteiger charge is -2.34. The Balaban J connectivity index is 1.52. The Morgan fingerprint density at radius 2 is 2.15 bits per heavy atom. The van der Waals surface area contributed by atoms with E-state index in [4.69, 9.17) is 9.15 Å². The first-order valence-corrected chi connectivity index (χ1v) is 10.6. The molecule has 1 N–H and O–H groups in total. The van der Waals surface area contributed by atoms with Gasteiger partial charge in [-0.2, -0.15) is 0 Å². The second-order valence-electron chi connectivity index (χ2n) is 6.59. The summed E-state index contributed by atoms with van der Waals surface area (Å²) in [6, 6.07) is 10.1. The molecule has 0 unspecified atom stereocenters. The third-order valence-electron chi connectivity index (χ3n) is 4.92. The first kappa shape index (κ1) is 18.7. The molecule has 0 spiro atoms. The SMILES string of the molecule is Cc1c(C(=O)NC[C@@H](c2cccs2)N2CCOCC2)oc2cc(Br)ccc12. The van der Waals surface area contributed by atoms with Crippen molar-refractivity contribution in [1.29, 1.82) is 0 Å². The summed E-state index contributed by atoms with van der Waals surface area (Å²) in [6.45, 7) is 5.67. The Bertz CT molecular complexity index is 932. The van der Waals surface area contributed by atoms with Crippen molar-refractivity contribution in [3.63, 3.8) is 0 Å². The molecular formula is C20H21BrN2O3S. The molecule has 1 fully saturated rings. The van der Waals surface area contributed by atoms with Crippen LogP contribution in [0.25, 0.3) is 11.0 Å². The second kappa shape index (κ2) is 8.14. The van der Waals surface area contributed by atoms with E-state index >= 15 is 0 Å². The van der Waals surface area contributed by atoms with Crippen LogP contribution in [-0.4, -0.2) is 43.7 Å². The summed E-state index contributed by atoms with van der Waals surface area (Å²) < 4.78 is 12.2. The number of carbonyl (C=O) groups is 1. The maximum absolute atomic E-state index is 12.8. The van der Waals surface area contributed by atoms with Gasteiger partial charge in [-0.1, -0.05) is 22.0 Å². The van der Waals surface area contributed by atoms with Gasteiger partial charge in [0.2, 0.25) is 0 Å². The summed E-state index contributed by atoms with van der Waals surface area (Å²) in [5.74, 6) is 0.213. The average molecular weight is 449 g/mol. The van der Waals surface area contributed by atoms with Crippen LogP contribution in [0.3, 0.4) is 0 Å². The number of aryl methyl sites for hydroxylation is 1. The molecule has 1 saturated heterocycles. The number of furan rings is 1. The molecule has 1 aliphatic rings. The van der Waals surface area contributed by atoms with Crippen molar-refractivity contribution >= 4 is 44.1 Å². The number of hydrogen-bond acceptors (Lipinski definition) is 5. The van der Waals surface area contributed by atoms with Crippen LogP contribution in [-0.2, 0) is 4.74 Å². The van der Waals surface area contributed by atoms with Crippen molar-refractivity contribution < 1.29 is 13.9 Å². The van der Waals surface area contributed by atoms with Gasteiger partial charge in [0, 0.05) is 39.9 Å². The van der Waals surface area contributed by atoms with E-state index in [1.54, 1.807) is 11.3 Å². The summed E-state index contributed by atoms with van der Waals surface area (Å²) in [6.07, 6.45) is 0. The number of thiophene rings is 1. The number of rotatable bonds is 5. The summed E-state index contributed by atoms with van der Waals surface area (Å²) >= 11 is 5.16. The maximum Gasteiger partial charge on any atom is 0.287 e. The van der Waals surface area contributed by atoms with E-state index in [9.17, 15) is 4.79 Å². The zero-order chi connectivity index (χ0) is 18.8. The van der Waals surface area contributed by atoms with E-state index in [-0.39, 0.29) is 11.9 Å². The Kier molecular flexibility index (Phi) is 5.63. The summed E-state index contributed by atoms with van der Waals surface area (Å²) in [5, 5.41) is 6.12. The molecule has 142 valence electrons. The van der Waals surface area contributed by atoms with E-state index in [1.165, 1.54) is 4.88 Å². The minimum atomic E-state index is -0.172. The first-order valence-electron chi connectivity index (χ1n) is 8.95. The summed E-state index contributed by atoms with van der Waals surface area (Å²) in [4.78, 5) is 16.4. The zero-order valence-corrected chi connectivity index (χ0v) is 17.4. The molecule has 0 saturated carbocycles. The van der Waals surface area contributed by atoms with Crippen molar-refractivity contribution in [3.8, 4) is 0 Å². The fourth-order valence-electron chi connectivity index (χ4n) is 3.47. The summed E-state index contributed by atoms with van der Waals surface area (Å²) in [5.41, 5.74) is 1.59. The molecule has 1 atom stereocenters. The maximum atomic E-state index is 12.8. The Hall–Kier alpha value is -1.67. The Labute approximate surface area is 170 Å². The van der Waals surface area contributed by atoms with Crippen LogP contribution in [0.2, 0.25) is 0 Å². The number of fused-ring (bicyclic) bond motifs is 1. The van der Waals surface area contributed by atoms with Gasteiger partial charge in [-0.05, 0) is 36.6 Å². The minimum Gasteiger partial charge on any atom is -0.451 e. The van der Waals surface area contributed by atoms with Gasteiger partial charge in [-0.25, -0.2) is 0 Å². The van der Waals surface area contributed by atoms with Gasteiger partial charge >= 0.3 is 0 Å². The van der Waals surface area contributed by atoms with Crippen LogP contribution in [0.4, 0.5) is 0 Å². The molecular weight excluding hydrogens is 428 g/mol. The number of ether oxygens (including phenoxy) is 1. The largest absolute Gasteiger partial charge is 0.451 e. The van der Waals surface area contributed by atoms with Gasteiger partial charge in [0.15, 0.2) is 5.76 Å². The predicted octanol–water partition coefficient (Wildman–Crippen LogP) is 4.37. The lowest BCUT2D eigenvalue weighted by atomic mass is 10.1. The Morgan fingerprint density at radius 3 is 2.89 bits per heavy atom. The third kappa shape index (κ3) is 3.96. The quantitative estimate of drug-likeness (QED) is 0.629. The molecule has 5 nitrogen and oxygen atoms in total. The highest BCUT2D eigenvalue weighted by Gasteiger charge is 2.25. The van der Waals surface area contributed by atoms with E-state index < -0.39 is 0 Å². The van der Waals surface area contributed by atoms with Crippen LogP contribution >= 0.6 is 27.3 Å². The lowest BCUT2D eigenvalue weighted by Crippen LogP contribution is -2.43. The van der Waals surface area contributed by atoms with Crippen LogP contribution in [0, 0.1) is 6.92 Å². The number of halogens is 1. The highest BCUT2D eigenvalue weighted by atomic mass is 79.9. The smallest absolute Gasteiger partial charge is 0.287 e. The van der Waals surface area contributed by atoms with E-state index in [0.29, 0.717) is 12.3 Å². The van der Waals surface area contributed by atoms with Gasteiger partial charge in [-0.15, -0.1) is 11.3 Å². The molecule has 1 amide bonds. The zero-order valence-electron chi connectivity index (χ0n) is 15.0. The standard InChI is InChI=1S/C20H21BrN2O3S/c1-13-15-5-4-14(21)11-17(15)26-19(13)20(24)22-12-16(18-3-2-10-27-18)23-6-8-25-9-7-23/h2-5,10-11,16H,6-9,12H2,1H3,(H,22,24)/t16-/m0/s1. The van der Waals surface area contributed by atoms with Gasteiger partial charge in [0.05, 0.1) is 19.3 Å². The monoisotopic (exact) mass is 448 g/mol. The molecule has 1 aliphatic heterocycles. The second-order valence-corrected chi connectivity index (χ2v) is 8.48. The number of nitrogens with zero attached hydrogens (tertiary/aromatic N) is 1. The van der Waals surface area contributed by atoms with Crippen LogP contribution in [0.15, 0.2) is 44.6 Å². The first-order chi connectivity index (χ1) is 13.1. The Morgan fingerprint density at radius 1 is 1.33 bits per heavy atom. The van der Waals surface area contributed by atoms with Crippen molar-refractivity contribution in [2.24, 2.45) is 0 Å². The van der Waals surface area contributed by atoms with Crippen molar-refractivity contribution in [3.05, 3.63) is 56.4 Å². The molecule has 0 bridgehead atoms. The highest BCUT2D eigenvalue weighted by molar-refractivity contribution is 9.10. The van der Waals surface area contributed by atoms with Gasteiger partial charge in [0.1, 0.15) is 5.58 Å². The number of benzene rings is 1. The molecule has 3 heterocycles. The number of nitrogens with one attached hydrogen (secondary N) is 1. The predicted molar refractivity (Wildman–Crippen MR) is 110 cm³/mol. The molecule has 7 heteroatoms. The number of amides is 1. The van der Waals surface area contributed by atoms with Crippen LogP contribution in [0.5, 0.6) is 0 Å². The minimum absolute atomic E-state index is 0.150. The van der Waals surface area contributed by atoms with Crippen molar-refractivity contribution in [2.75, 3.05) is 32.8 Å². The average Bonchev–Trinajstić information content (AvgIpc) is 3.31. The summed E-state index contributed by atoms with van der Waals surface area (Å²) in [7, 11) is 0. The van der Waals surface area contributed by atoms with Gasteiger partial charge < -0.3 is 14.5 Å². The van der Waals surface area contributed by atoms with Crippen LogP contribution in [0.1, 0.15) is 27.0 Å². The van der Waals surface area contributed by atoms with E-state index in [2.05, 4.69) is 43.7 Å². The normalized spacial score (nSPS) is 16.5. The van der Waals surface area contributed by atoms with Gasteiger partial charge in [0.25, 0.3) is 5.91 Å². The number of carbonyl (C=O) groups excluding carboxylic acids is 1. The van der Waals surface area contributed by atoms with Gasteiger partial charge in [-0.3, -0.25) is 9.69 Å². The molecule has 4 rings (SSSR count). The molecule has 3 aromatic rings. The molecule has 0 aliphatic carbocycles. The highest BCUT2D eigenvalue weighted by Crippen LogP contribution is 2.29. The van der Waals surface area contributed by atoms with Crippen molar-refractivity contribution in [1.82, 2.24) is 10.2 Å². The van der Waals surface area contributed by atoms with Crippen molar-refractivity contribution in [2.45, 2.75) is 13.0 Å². The lowest BCUT2D eigenvalue weighted by molar-refractivity contribution is 0.0168. The molecule has 2 aromatic heterocycles. The molecule has 0 radical (unpaired) electrons. The third-order valence-corrected chi connectivity index (χ3v) is 6.39. The van der Waals surface area contributed by atoms with Crippen LogP contribution < -0.4 is 5.32 Å². The molecule has 27 heavy (non-hydrogen) atoms.